The first kappa shape index (κ1) is 12.9. The molecule has 2 heterocycles. The normalized spacial score (nSPS) is 13.6. The van der Waals surface area contributed by atoms with Crippen LogP contribution in [0.25, 0.3) is 0 Å². The highest BCUT2D eigenvalue weighted by atomic mass is 32.1. The van der Waals surface area contributed by atoms with E-state index >= 15 is 0 Å². The van der Waals surface area contributed by atoms with E-state index < -0.39 is 0 Å². The fourth-order valence-corrected chi connectivity index (χ4v) is 3.00. The molecule has 2 N–H and O–H groups in total. The Bertz CT molecular complexity index is 691. The van der Waals surface area contributed by atoms with Crippen molar-refractivity contribution in [2.45, 2.75) is 19.8 Å². The summed E-state index contributed by atoms with van der Waals surface area (Å²) in [5, 5.41) is 7.67. The van der Waals surface area contributed by atoms with Gasteiger partial charge in [0.1, 0.15) is 0 Å². The number of hydrogen-bond acceptors (Lipinski definition) is 3. The van der Waals surface area contributed by atoms with Gasteiger partial charge >= 0.3 is 0 Å². The molecule has 0 saturated carbocycles. The largest absolute Gasteiger partial charge is 0.326 e. The van der Waals surface area contributed by atoms with E-state index in [-0.39, 0.29) is 11.8 Å². The van der Waals surface area contributed by atoms with E-state index in [1.807, 2.05) is 36.6 Å². The quantitative estimate of drug-likeness (QED) is 0.890. The van der Waals surface area contributed by atoms with Gasteiger partial charge in [-0.05, 0) is 54.1 Å². The Morgan fingerprint density at radius 1 is 1.30 bits per heavy atom. The van der Waals surface area contributed by atoms with Crippen LogP contribution in [-0.2, 0) is 11.2 Å². The number of amides is 2. The molecule has 1 aromatic carbocycles. The van der Waals surface area contributed by atoms with Crippen LogP contribution in [0, 0.1) is 6.92 Å². The van der Waals surface area contributed by atoms with E-state index in [2.05, 4.69) is 10.6 Å². The lowest BCUT2D eigenvalue weighted by atomic mass is 10.0. The summed E-state index contributed by atoms with van der Waals surface area (Å²) in [7, 11) is 0. The van der Waals surface area contributed by atoms with Crippen LogP contribution in [-0.4, -0.2) is 11.8 Å². The molecule has 3 rings (SSSR count). The Hall–Kier alpha value is -2.14. The average Bonchev–Trinajstić information content (AvgIpc) is 2.86. The molecule has 0 atom stereocenters. The van der Waals surface area contributed by atoms with Crippen LogP contribution in [0.3, 0.4) is 0 Å². The van der Waals surface area contributed by atoms with E-state index in [0.29, 0.717) is 17.7 Å². The van der Waals surface area contributed by atoms with Crippen molar-refractivity contribution in [2.75, 3.05) is 10.6 Å². The molecule has 1 aliphatic heterocycles. The summed E-state index contributed by atoms with van der Waals surface area (Å²) in [5.74, 6) is -0.0498. The first-order chi connectivity index (χ1) is 9.61. The van der Waals surface area contributed by atoms with Crippen LogP contribution < -0.4 is 10.6 Å². The number of carbonyl (C=O) groups is 2. The minimum atomic E-state index is -0.0945. The molecule has 0 unspecified atom stereocenters. The highest BCUT2D eigenvalue weighted by Gasteiger charge is 2.15. The molecule has 2 amide bonds. The fraction of sp³-hybridized carbons (Fsp3) is 0.200. The standard InChI is InChI=1S/C15H14N2O2S/c1-9-6-13(20-8-9)15(19)16-11-3-4-12-10(7-11)2-5-14(18)17-12/h3-4,6-8H,2,5H2,1H3,(H,16,19)(H,17,18). The molecule has 0 bridgehead atoms. The highest BCUT2D eigenvalue weighted by Crippen LogP contribution is 2.26. The second-order valence-electron chi connectivity index (χ2n) is 4.86. The number of thiophene rings is 1. The Balaban J connectivity index is 1.78. The SMILES string of the molecule is Cc1csc(C(=O)Nc2ccc3c(c2)CCC(=O)N3)c1. The van der Waals surface area contributed by atoms with Crippen LogP contribution in [0.1, 0.15) is 27.2 Å². The molecular formula is C15H14N2O2S. The minimum Gasteiger partial charge on any atom is -0.326 e. The summed E-state index contributed by atoms with van der Waals surface area (Å²) >= 11 is 1.44. The molecule has 4 nitrogen and oxygen atoms in total. The zero-order chi connectivity index (χ0) is 14.1. The van der Waals surface area contributed by atoms with Crippen LogP contribution in [0.15, 0.2) is 29.6 Å². The lowest BCUT2D eigenvalue weighted by molar-refractivity contribution is -0.116. The summed E-state index contributed by atoms with van der Waals surface area (Å²) in [5.41, 5.74) is 3.75. The highest BCUT2D eigenvalue weighted by molar-refractivity contribution is 7.12. The predicted molar refractivity (Wildman–Crippen MR) is 80.4 cm³/mol. The molecule has 0 spiro atoms. The average molecular weight is 286 g/mol. The van der Waals surface area contributed by atoms with Crippen molar-refractivity contribution in [3.8, 4) is 0 Å². The molecule has 1 aliphatic rings. The molecule has 102 valence electrons. The van der Waals surface area contributed by atoms with Gasteiger partial charge in [-0.25, -0.2) is 0 Å². The molecule has 0 radical (unpaired) electrons. The van der Waals surface area contributed by atoms with Crippen molar-refractivity contribution in [3.05, 3.63) is 45.6 Å². The molecule has 20 heavy (non-hydrogen) atoms. The number of hydrogen-bond donors (Lipinski definition) is 2. The van der Waals surface area contributed by atoms with Crippen LogP contribution in [0.2, 0.25) is 0 Å². The van der Waals surface area contributed by atoms with E-state index in [0.717, 1.165) is 22.5 Å². The molecule has 0 fully saturated rings. The maximum Gasteiger partial charge on any atom is 0.265 e. The van der Waals surface area contributed by atoms with Crippen molar-refractivity contribution in [2.24, 2.45) is 0 Å². The predicted octanol–water partition coefficient (Wildman–Crippen LogP) is 3.19. The third-order valence-corrected chi connectivity index (χ3v) is 4.26. The lowest BCUT2D eigenvalue weighted by Crippen LogP contribution is -2.19. The summed E-state index contributed by atoms with van der Waals surface area (Å²) in [6.07, 6.45) is 1.21. The molecule has 0 saturated heterocycles. The topological polar surface area (TPSA) is 58.2 Å². The van der Waals surface area contributed by atoms with Gasteiger partial charge in [-0.2, -0.15) is 0 Å². The number of benzene rings is 1. The Kier molecular flexibility index (Phi) is 3.28. The van der Waals surface area contributed by atoms with Gasteiger partial charge < -0.3 is 10.6 Å². The van der Waals surface area contributed by atoms with Crippen LogP contribution in [0.4, 0.5) is 11.4 Å². The van der Waals surface area contributed by atoms with E-state index in [1.165, 1.54) is 11.3 Å². The number of anilines is 2. The Labute approximate surface area is 120 Å². The Morgan fingerprint density at radius 2 is 2.15 bits per heavy atom. The molecular weight excluding hydrogens is 272 g/mol. The molecule has 2 aromatic rings. The second kappa shape index (κ2) is 5.09. The first-order valence-electron chi connectivity index (χ1n) is 6.41. The maximum absolute atomic E-state index is 12.1. The molecule has 1 aromatic heterocycles. The van der Waals surface area contributed by atoms with Gasteiger partial charge in [0.05, 0.1) is 4.88 Å². The maximum atomic E-state index is 12.1. The monoisotopic (exact) mass is 286 g/mol. The van der Waals surface area contributed by atoms with Crippen LogP contribution in [0.5, 0.6) is 0 Å². The summed E-state index contributed by atoms with van der Waals surface area (Å²) in [6, 6.07) is 7.44. The van der Waals surface area contributed by atoms with Gasteiger partial charge in [0.25, 0.3) is 5.91 Å². The zero-order valence-electron chi connectivity index (χ0n) is 11.0. The minimum absolute atomic E-state index is 0.0448. The van der Waals surface area contributed by atoms with Gasteiger partial charge in [-0.3, -0.25) is 9.59 Å². The van der Waals surface area contributed by atoms with E-state index in [9.17, 15) is 9.59 Å². The van der Waals surface area contributed by atoms with E-state index in [1.54, 1.807) is 0 Å². The number of carbonyl (C=O) groups excluding carboxylic acids is 2. The number of rotatable bonds is 2. The third kappa shape index (κ3) is 2.58. The number of fused-ring (bicyclic) bond motifs is 1. The Morgan fingerprint density at radius 3 is 2.90 bits per heavy atom. The van der Waals surface area contributed by atoms with Crippen molar-refractivity contribution in [1.82, 2.24) is 0 Å². The van der Waals surface area contributed by atoms with Gasteiger partial charge in [0, 0.05) is 17.8 Å². The number of aryl methyl sites for hydroxylation is 2. The van der Waals surface area contributed by atoms with Crippen molar-refractivity contribution < 1.29 is 9.59 Å². The van der Waals surface area contributed by atoms with Crippen molar-refractivity contribution in [3.63, 3.8) is 0 Å². The van der Waals surface area contributed by atoms with Crippen molar-refractivity contribution in [1.29, 1.82) is 0 Å². The van der Waals surface area contributed by atoms with Crippen LogP contribution >= 0.6 is 11.3 Å². The van der Waals surface area contributed by atoms with Gasteiger partial charge in [0.15, 0.2) is 0 Å². The fourth-order valence-electron chi connectivity index (χ4n) is 2.20. The molecule has 0 aliphatic carbocycles. The smallest absolute Gasteiger partial charge is 0.265 e. The first-order valence-corrected chi connectivity index (χ1v) is 7.29. The van der Waals surface area contributed by atoms with Gasteiger partial charge in [0.2, 0.25) is 5.91 Å². The summed E-state index contributed by atoms with van der Waals surface area (Å²) < 4.78 is 0. The summed E-state index contributed by atoms with van der Waals surface area (Å²) in [6.45, 7) is 1.97. The second-order valence-corrected chi connectivity index (χ2v) is 5.77. The lowest BCUT2D eigenvalue weighted by Gasteiger charge is -2.17. The molecule has 5 heteroatoms. The van der Waals surface area contributed by atoms with Gasteiger partial charge in [-0.15, -0.1) is 11.3 Å². The third-order valence-electron chi connectivity index (χ3n) is 3.21. The van der Waals surface area contributed by atoms with Gasteiger partial charge in [-0.1, -0.05) is 0 Å². The zero-order valence-corrected chi connectivity index (χ0v) is 11.8. The van der Waals surface area contributed by atoms with Crippen molar-refractivity contribution >= 4 is 34.5 Å². The summed E-state index contributed by atoms with van der Waals surface area (Å²) in [4.78, 5) is 24.1. The van der Waals surface area contributed by atoms with E-state index in [4.69, 9.17) is 0 Å². The number of nitrogens with one attached hydrogen (secondary N) is 2.